The second-order valence-electron chi connectivity index (χ2n) is 6.71. The van der Waals surface area contributed by atoms with Crippen LogP contribution >= 0.6 is 0 Å². The molecule has 0 saturated carbocycles. The van der Waals surface area contributed by atoms with Crippen LogP contribution in [0.15, 0.2) is 85.4 Å². The van der Waals surface area contributed by atoms with Crippen molar-refractivity contribution in [3.63, 3.8) is 0 Å². The minimum atomic E-state index is -0.273. The Kier molecular flexibility index (Phi) is 5.90. The van der Waals surface area contributed by atoms with Crippen LogP contribution in [-0.2, 0) is 0 Å². The van der Waals surface area contributed by atoms with Gasteiger partial charge in [-0.15, -0.1) is 0 Å². The first-order valence-electron chi connectivity index (χ1n) is 9.12. The summed E-state index contributed by atoms with van der Waals surface area (Å²) in [5.74, 6) is -0.273. The highest BCUT2D eigenvalue weighted by Crippen LogP contribution is 2.32. The van der Waals surface area contributed by atoms with Crippen molar-refractivity contribution in [1.29, 1.82) is 0 Å². The Balaban J connectivity index is 2.12. The summed E-state index contributed by atoms with van der Waals surface area (Å²) >= 11 is 0. The van der Waals surface area contributed by atoms with Gasteiger partial charge < -0.3 is 11.1 Å². The average molecular weight is 373 g/mol. The zero-order valence-corrected chi connectivity index (χ0v) is 16.1. The molecule has 0 bridgehead atoms. The number of rotatable bonds is 6. The number of nitrogens with two attached hydrogens (primary N) is 1. The summed E-state index contributed by atoms with van der Waals surface area (Å²) in [4.78, 5) is 4.57. The molecule has 0 aliphatic rings. The van der Waals surface area contributed by atoms with Crippen LogP contribution in [-0.4, -0.2) is 4.98 Å². The molecule has 3 aromatic rings. The van der Waals surface area contributed by atoms with E-state index in [1.165, 1.54) is 12.3 Å². The van der Waals surface area contributed by atoms with Gasteiger partial charge in [-0.1, -0.05) is 36.9 Å². The van der Waals surface area contributed by atoms with Gasteiger partial charge in [0.2, 0.25) is 0 Å². The maximum absolute atomic E-state index is 14.0. The Hall–Kier alpha value is -3.40. The van der Waals surface area contributed by atoms with Crippen molar-refractivity contribution in [1.82, 2.24) is 10.3 Å². The molecule has 28 heavy (non-hydrogen) atoms. The highest BCUT2D eigenvalue weighted by Gasteiger charge is 2.19. The van der Waals surface area contributed by atoms with Gasteiger partial charge in [0, 0.05) is 17.3 Å². The largest absolute Gasteiger partial charge is 0.405 e. The molecule has 0 aliphatic heterocycles. The molecule has 0 fully saturated rings. The highest BCUT2D eigenvalue weighted by molar-refractivity contribution is 5.86. The standard InChI is InChI=1S/C24H24FN3/c1-16-14-22(18(3)23-21(16)11-7-13-27-23)24(19-9-6-10-20(25)15-19)28-17(2)8-4-5-12-26/h4-15,24,28H,2,26H2,1,3H3/b8-4-,12-5-. The molecule has 3 nitrogen and oxygen atoms in total. The predicted molar refractivity (Wildman–Crippen MR) is 114 cm³/mol. The van der Waals surface area contributed by atoms with E-state index in [2.05, 4.69) is 35.9 Å². The number of nitrogens with zero attached hydrogens (tertiary/aromatic N) is 1. The minimum absolute atomic E-state index is 0.264. The number of aryl methyl sites for hydroxylation is 2. The Bertz CT molecular complexity index is 1070. The van der Waals surface area contributed by atoms with Gasteiger partial charge in [0.05, 0.1) is 11.6 Å². The van der Waals surface area contributed by atoms with Crippen molar-refractivity contribution in [2.24, 2.45) is 5.73 Å². The fraction of sp³-hybridized carbons (Fsp3) is 0.125. The van der Waals surface area contributed by atoms with E-state index in [4.69, 9.17) is 5.73 Å². The molecule has 3 N–H and O–H groups in total. The number of pyridine rings is 1. The highest BCUT2D eigenvalue weighted by atomic mass is 19.1. The van der Waals surface area contributed by atoms with Crippen molar-refractivity contribution in [3.8, 4) is 0 Å². The molecule has 1 atom stereocenters. The van der Waals surface area contributed by atoms with Crippen LogP contribution in [0, 0.1) is 19.7 Å². The molecule has 4 heteroatoms. The van der Waals surface area contributed by atoms with Crippen molar-refractivity contribution < 1.29 is 4.39 Å². The summed E-state index contributed by atoms with van der Waals surface area (Å²) < 4.78 is 14.0. The fourth-order valence-corrected chi connectivity index (χ4v) is 3.37. The summed E-state index contributed by atoms with van der Waals surface area (Å²) in [7, 11) is 0. The number of fused-ring (bicyclic) bond motifs is 1. The van der Waals surface area contributed by atoms with Gasteiger partial charge in [0.15, 0.2) is 0 Å². The quantitative estimate of drug-likeness (QED) is 0.583. The monoisotopic (exact) mass is 373 g/mol. The number of halogens is 1. The second-order valence-corrected chi connectivity index (χ2v) is 6.71. The minimum Gasteiger partial charge on any atom is -0.405 e. The zero-order chi connectivity index (χ0) is 20.1. The Morgan fingerprint density at radius 3 is 2.75 bits per heavy atom. The summed E-state index contributed by atoms with van der Waals surface area (Å²) in [5, 5.41) is 4.54. The number of allylic oxidation sites excluding steroid dienone is 3. The van der Waals surface area contributed by atoms with Gasteiger partial charge in [0.25, 0.3) is 0 Å². The molecule has 1 unspecified atom stereocenters. The first kappa shape index (κ1) is 19.4. The van der Waals surface area contributed by atoms with Gasteiger partial charge >= 0.3 is 0 Å². The Morgan fingerprint density at radius 1 is 1.18 bits per heavy atom. The van der Waals surface area contributed by atoms with Crippen molar-refractivity contribution in [2.75, 3.05) is 0 Å². The normalized spacial score (nSPS) is 12.7. The number of aromatic nitrogens is 1. The van der Waals surface area contributed by atoms with E-state index in [-0.39, 0.29) is 11.9 Å². The van der Waals surface area contributed by atoms with Gasteiger partial charge in [-0.25, -0.2) is 4.39 Å². The molecule has 0 aliphatic carbocycles. The maximum atomic E-state index is 14.0. The SMILES string of the molecule is C=C(/C=C\C=C/N)NC(c1cccc(F)c1)c1cc(C)c2cccnc2c1C. The maximum Gasteiger partial charge on any atom is 0.123 e. The molecule has 3 rings (SSSR count). The van der Waals surface area contributed by atoms with Crippen LogP contribution in [0.1, 0.15) is 28.3 Å². The van der Waals surface area contributed by atoms with Crippen LogP contribution < -0.4 is 11.1 Å². The van der Waals surface area contributed by atoms with E-state index in [1.54, 1.807) is 30.5 Å². The summed E-state index contributed by atoms with van der Waals surface area (Å²) in [5.41, 5.74) is 11.1. The fourth-order valence-electron chi connectivity index (χ4n) is 3.37. The van der Waals surface area contributed by atoms with Crippen molar-refractivity contribution in [3.05, 3.63) is 113 Å². The van der Waals surface area contributed by atoms with Crippen molar-refractivity contribution in [2.45, 2.75) is 19.9 Å². The molecule has 0 amide bonds. The number of hydrogen-bond donors (Lipinski definition) is 2. The molecule has 142 valence electrons. The summed E-state index contributed by atoms with van der Waals surface area (Å²) in [6.07, 6.45) is 8.61. The number of nitrogens with one attached hydrogen (secondary N) is 1. The lowest BCUT2D eigenvalue weighted by atomic mass is 9.90. The first-order valence-corrected chi connectivity index (χ1v) is 9.12. The number of benzene rings is 2. The third-order valence-electron chi connectivity index (χ3n) is 4.74. The van der Waals surface area contributed by atoms with Crippen LogP contribution in [0.5, 0.6) is 0 Å². The lowest BCUT2D eigenvalue weighted by Gasteiger charge is -2.24. The second kappa shape index (κ2) is 8.53. The van der Waals surface area contributed by atoms with Crippen LogP contribution in [0.25, 0.3) is 10.9 Å². The summed E-state index contributed by atoms with van der Waals surface area (Å²) in [6.45, 7) is 8.19. The lowest BCUT2D eigenvalue weighted by Crippen LogP contribution is -2.22. The summed E-state index contributed by atoms with van der Waals surface area (Å²) in [6, 6.07) is 12.5. The Morgan fingerprint density at radius 2 is 2.00 bits per heavy atom. The van der Waals surface area contributed by atoms with Gasteiger partial charge in [0.1, 0.15) is 5.82 Å². The first-order chi connectivity index (χ1) is 13.5. The third-order valence-corrected chi connectivity index (χ3v) is 4.74. The van der Waals surface area contributed by atoms with Gasteiger partial charge in [-0.2, -0.15) is 0 Å². The average Bonchev–Trinajstić information content (AvgIpc) is 2.69. The zero-order valence-electron chi connectivity index (χ0n) is 16.1. The van der Waals surface area contributed by atoms with E-state index < -0.39 is 0 Å². The number of hydrogen-bond acceptors (Lipinski definition) is 3. The molecular formula is C24H24FN3. The topological polar surface area (TPSA) is 50.9 Å². The molecule has 1 heterocycles. The molecule has 2 aromatic carbocycles. The molecule has 1 aromatic heterocycles. The van der Waals surface area contributed by atoms with Crippen LogP contribution in [0.4, 0.5) is 4.39 Å². The lowest BCUT2D eigenvalue weighted by molar-refractivity contribution is 0.618. The van der Waals surface area contributed by atoms with Crippen LogP contribution in [0.3, 0.4) is 0 Å². The van der Waals surface area contributed by atoms with Crippen molar-refractivity contribution >= 4 is 10.9 Å². The van der Waals surface area contributed by atoms with Gasteiger partial charge in [-0.3, -0.25) is 4.98 Å². The third kappa shape index (κ3) is 4.12. The molecule has 0 saturated heterocycles. The van der Waals surface area contributed by atoms with Gasteiger partial charge in [-0.05, 0) is 72.7 Å². The van der Waals surface area contributed by atoms with E-state index in [1.807, 2.05) is 25.1 Å². The molecular weight excluding hydrogens is 349 g/mol. The van der Waals surface area contributed by atoms with Crippen LogP contribution in [0.2, 0.25) is 0 Å². The Labute approximate surface area is 165 Å². The van der Waals surface area contributed by atoms with E-state index in [0.717, 1.165) is 33.2 Å². The van der Waals surface area contributed by atoms with E-state index in [0.29, 0.717) is 5.70 Å². The molecule has 0 radical (unpaired) electrons. The molecule has 0 spiro atoms. The van der Waals surface area contributed by atoms with E-state index >= 15 is 0 Å². The van der Waals surface area contributed by atoms with E-state index in [9.17, 15) is 4.39 Å². The smallest absolute Gasteiger partial charge is 0.123 e. The predicted octanol–water partition coefficient (Wildman–Crippen LogP) is 5.21.